The third-order valence-corrected chi connectivity index (χ3v) is 24.9. The molecule has 1 heterocycles. The number of unbranched alkanes of at least 4 members (excludes halogenated alkanes) is 2. The lowest BCUT2D eigenvalue weighted by Crippen LogP contribution is -2.49. The molecule has 0 bridgehead atoms. The quantitative estimate of drug-likeness (QED) is 0.100. The lowest BCUT2D eigenvalue weighted by Gasteiger charge is -2.45. The Morgan fingerprint density at radius 1 is 0.906 bits per heavy atom. The highest BCUT2D eigenvalue weighted by molar-refractivity contribution is 6.74. The van der Waals surface area contributed by atoms with E-state index in [2.05, 4.69) is 113 Å². The summed E-state index contributed by atoms with van der Waals surface area (Å²) in [5.74, 6) is 1.64. The molecule has 5 fully saturated rings. The van der Waals surface area contributed by atoms with Gasteiger partial charge >= 0.3 is 0 Å². The van der Waals surface area contributed by atoms with E-state index in [0.717, 1.165) is 44.8 Å². The summed E-state index contributed by atoms with van der Waals surface area (Å²) >= 11 is 0. The molecule has 0 aromatic carbocycles. The predicted molar refractivity (Wildman–Crippen MR) is 230 cm³/mol. The smallest absolute Gasteiger partial charge is 0.192 e. The summed E-state index contributed by atoms with van der Waals surface area (Å²) in [6.07, 6.45) is 27.0. The van der Waals surface area contributed by atoms with Crippen LogP contribution in [-0.2, 0) is 18.3 Å². The molecule has 0 aromatic rings. The molecule has 0 spiro atoms. The van der Waals surface area contributed by atoms with Crippen LogP contribution in [0.15, 0.2) is 47.6 Å². The third-order valence-electron chi connectivity index (χ3n) is 15.9. The molecule has 4 aliphatic carbocycles. The summed E-state index contributed by atoms with van der Waals surface area (Å²) in [5.41, 5.74) is 4.77. The highest BCUT2D eigenvalue weighted by atomic mass is 28.4. The zero-order valence-electron chi connectivity index (χ0n) is 36.8. The fraction of sp³-hybridized carbons (Fsp3) is 0.830. The first kappa shape index (κ1) is 43.4. The van der Waals surface area contributed by atoms with Gasteiger partial charge in [0.2, 0.25) is 0 Å². The van der Waals surface area contributed by atoms with Crippen LogP contribution in [0.5, 0.6) is 0 Å². The molecule has 0 amide bonds. The van der Waals surface area contributed by atoms with Crippen LogP contribution in [0.2, 0.25) is 36.3 Å². The molecule has 1 aliphatic heterocycles. The van der Waals surface area contributed by atoms with Gasteiger partial charge in [-0.2, -0.15) is 0 Å². The summed E-state index contributed by atoms with van der Waals surface area (Å²) in [6, 6.07) is 0. The maximum absolute atomic E-state index is 7.14. The van der Waals surface area contributed by atoms with Crippen LogP contribution in [0.3, 0.4) is 0 Å². The van der Waals surface area contributed by atoms with Gasteiger partial charge in [0.15, 0.2) is 22.4 Å². The van der Waals surface area contributed by atoms with Gasteiger partial charge in [-0.05, 0) is 135 Å². The Bertz CT molecular complexity index is 1370. The van der Waals surface area contributed by atoms with Gasteiger partial charge in [-0.15, -0.1) is 0 Å². The zero-order chi connectivity index (χ0) is 39.1. The number of fused-ring (bicyclic) bond motifs is 1. The Hall–Kier alpha value is -0.766. The first-order chi connectivity index (χ1) is 24.6. The van der Waals surface area contributed by atoms with Crippen molar-refractivity contribution in [3.8, 4) is 0 Å². The lowest BCUT2D eigenvalue weighted by molar-refractivity contribution is -0.211. The molecule has 5 rings (SSSR count). The molecular weight excluding hydrogens is 685 g/mol. The number of hydrogen-bond acceptors (Lipinski definition) is 4. The van der Waals surface area contributed by atoms with Gasteiger partial charge in [-0.1, -0.05) is 112 Å². The van der Waals surface area contributed by atoms with Gasteiger partial charge in [0, 0.05) is 18.3 Å². The largest absolute Gasteiger partial charge is 0.413 e. The molecule has 6 atom stereocenters. The Balaban J connectivity index is 1.31. The summed E-state index contributed by atoms with van der Waals surface area (Å²) in [6.45, 7) is 37.3. The monoisotopic (exact) mass is 767 g/mol. The minimum Gasteiger partial charge on any atom is -0.413 e. The van der Waals surface area contributed by atoms with Gasteiger partial charge in [0.25, 0.3) is 0 Å². The Labute approximate surface area is 329 Å². The first-order valence-electron chi connectivity index (χ1n) is 22.0. The molecule has 4 nitrogen and oxygen atoms in total. The van der Waals surface area contributed by atoms with Crippen LogP contribution in [0.25, 0.3) is 0 Å². The van der Waals surface area contributed by atoms with E-state index >= 15 is 0 Å². The molecule has 4 saturated carbocycles. The second kappa shape index (κ2) is 16.2. The van der Waals surface area contributed by atoms with Crippen molar-refractivity contribution in [1.29, 1.82) is 0 Å². The van der Waals surface area contributed by atoms with Crippen LogP contribution in [0.1, 0.15) is 152 Å². The molecule has 5 aliphatic rings. The van der Waals surface area contributed by atoms with E-state index in [9.17, 15) is 0 Å². The van der Waals surface area contributed by atoms with Gasteiger partial charge in [0.1, 0.15) is 0 Å². The predicted octanol–water partition coefficient (Wildman–Crippen LogP) is 13.9. The third kappa shape index (κ3) is 9.19. The SMILES string of the molecule is C=C1/C(=C\C=C2/CCC[C@]3(C)[C@@H]([C@H](C)/C=C/CC4(C5(CCCCC)OCCO5)CC4)CC[C@@H]23)C[C@@H](O[Si](C)(C)C(C)(C)C)C[C@@H]1O[Si](C)(C)C(C)(C)C. The average Bonchev–Trinajstić information content (AvgIpc) is 3.52. The molecule has 6 heteroatoms. The summed E-state index contributed by atoms with van der Waals surface area (Å²) in [4.78, 5) is 0. The molecule has 302 valence electrons. The molecule has 0 unspecified atom stereocenters. The van der Waals surface area contributed by atoms with Crippen LogP contribution in [0.4, 0.5) is 0 Å². The van der Waals surface area contributed by atoms with E-state index in [-0.39, 0.29) is 33.5 Å². The van der Waals surface area contributed by atoms with E-state index in [0.29, 0.717) is 17.3 Å². The molecule has 0 radical (unpaired) electrons. The van der Waals surface area contributed by atoms with Crippen molar-refractivity contribution in [3.63, 3.8) is 0 Å². The van der Waals surface area contributed by atoms with Crippen molar-refractivity contribution in [1.82, 2.24) is 0 Å². The summed E-state index contributed by atoms with van der Waals surface area (Å²) < 4.78 is 27.2. The maximum Gasteiger partial charge on any atom is 0.192 e. The van der Waals surface area contributed by atoms with Crippen molar-refractivity contribution < 1.29 is 18.3 Å². The van der Waals surface area contributed by atoms with Crippen molar-refractivity contribution >= 4 is 16.6 Å². The molecule has 0 N–H and O–H groups in total. The highest BCUT2D eigenvalue weighted by Crippen LogP contribution is 2.63. The van der Waals surface area contributed by atoms with Crippen LogP contribution < -0.4 is 0 Å². The van der Waals surface area contributed by atoms with Gasteiger partial charge in [-0.25, -0.2) is 0 Å². The number of hydrogen-bond donors (Lipinski definition) is 0. The van der Waals surface area contributed by atoms with E-state index in [1.54, 1.807) is 5.57 Å². The van der Waals surface area contributed by atoms with E-state index in [1.807, 2.05) is 0 Å². The lowest BCUT2D eigenvalue weighted by atomic mass is 9.61. The average molecular weight is 767 g/mol. The number of rotatable bonds is 14. The number of allylic oxidation sites excluding steroid dienone is 5. The van der Waals surface area contributed by atoms with Crippen molar-refractivity contribution in [3.05, 3.63) is 47.6 Å². The Morgan fingerprint density at radius 2 is 1.55 bits per heavy atom. The molecule has 0 aromatic heterocycles. The zero-order valence-corrected chi connectivity index (χ0v) is 38.8. The van der Waals surface area contributed by atoms with Crippen molar-refractivity contribution in [2.75, 3.05) is 13.2 Å². The van der Waals surface area contributed by atoms with E-state index in [1.165, 1.54) is 75.4 Å². The fourth-order valence-corrected chi connectivity index (χ4v) is 12.9. The van der Waals surface area contributed by atoms with Crippen molar-refractivity contribution in [2.45, 2.75) is 206 Å². The van der Waals surface area contributed by atoms with Crippen LogP contribution in [0, 0.1) is 28.6 Å². The minimum absolute atomic E-state index is 0.0250. The first-order valence-corrected chi connectivity index (χ1v) is 27.8. The Kier molecular flexibility index (Phi) is 13.3. The summed E-state index contributed by atoms with van der Waals surface area (Å²) in [5, 5.41) is 0.328. The summed E-state index contributed by atoms with van der Waals surface area (Å²) in [7, 11) is -3.93. The molecule has 53 heavy (non-hydrogen) atoms. The van der Waals surface area contributed by atoms with Gasteiger partial charge in [0.05, 0.1) is 25.4 Å². The molecular formula is C47H82O4Si2. The number of ether oxygens (including phenoxy) is 2. The standard InChI is InChI=1S/C47H82O4Si2/c1-15-16-17-28-47(48-31-32-49-47)46(29-30-46)27-18-20-35(2)40-24-25-41-37(21-19-26-45(40,41)10)22-23-38-33-39(50-52(11,12)43(4,5)6)34-42(36(38)3)51-53(13,14)44(7,8)9/h18,20,22-23,35,39-42H,3,15-17,19,21,24-34H2,1-2,4-14H3/b20-18+,37-22+,38-23-/t35-,39-,40-,41+,42+,45-/m1/s1. The second-order valence-corrected chi connectivity index (χ2v) is 31.1. The minimum atomic E-state index is -1.99. The second-order valence-electron chi connectivity index (χ2n) is 21.5. The van der Waals surface area contributed by atoms with Gasteiger partial charge in [-0.3, -0.25) is 0 Å². The Morgan fingerprint density at radius 3 is 2.15 bits per heavy atom. The van der Waals surface area contributed by atoms with Crippen LogP contribution in [-0.4, -0.2) is 47.8 Å². The molecule has 1 saturated heterocycles. The van der Waals surface area contributed by atoms with E-state index in [4.69, 9.17) is 24.9 Å². The fourth-order valence-electron chi connectivity index (χ4n) is 10.2. The maximum atomic E-state index is 7.14. The normalized spacial score (nSPS) is 32.9. The highest BCUT2D eigenvalue weighted by Gasteiger charge is 2.62. The van der Waals surface area contributed by atoms with Crippen molar-refractivity contribution in [2.24, 2.45) is 28.6 Å². The van der Waals surface area contributed by atoms with Crippen LogP contribution >= 0.6 is 0 Å². The topological polar surface area (TPSA) is 36.9 Å². The van der Waals surface area contributed by atoms with Gasteiger partial charge < -0.3 is 18.3 Å². The van der Waals surface area contributed by atoms with E-state index < -0.39 is 16.6 Å².